The minimum absolute atomic E-state index is 0.0293. The molecule has 2 amide bonds. The first-order valence-electron chi connectivity index (χ1n) is 20.1. The van der Waals surface area contributed by atoms with Crippen LogP contribution in [-0.4, -0.2) is 33.9 Å². The summed E-state index contributed by atoms with van der Waals surface area (Å²) in [7, 11) is 0. The van der Waals surface area contributed by atoms with Crippen molar-refractivity contribution in [3.63, 3.8) is 0 Å². The summed E-state index contributed by atoms with van der Waals surface area (Å²) >= 11 is 0. The van der Waals surface area contributed by atoms with E-state index in [0.717, 1.165) is 52.4 Å². The van der Waals surface area contributed by atoms with Gasteiger partial charge in [0.05, 0.1) is 11.7 Å². The summed E-state index contributed by atoms with van der Waals surface area (Å²) in [6, 6.07) is 39.4. The molecular formula is C48H48F3N5O5. The van der Waals surface area contributed by atoms with Crippen LogP contribution < -0.4 is 25.4 Å². The minimum atomic E-state index is -4.82. The molecule has 0 aliphatic heterocycles. The van der Waals surface area contributed by atoms with Crippen molar-refractivity contribution in [1.82, 2.24) is 20.4 Å². The molecule has 10 nitrogen and oxygen atoms in total. The van der Waals surface area contributed by atoms with Crippen molar-refractivity contribution in [2.75, 3.05) is 11.9 Å². The highest BCUT2D eigenvalue weighted by molar-refractivity contribution is 6.03. The van der Waals surface area contributed by atoms with E-state index in [1.165, 1.54) is 6.07 Å². The third-order valence-electron chi connectivity index (χ3n) is 9.79. The number of benzene rings is 5. The lowest BCUT2D eigenvalue weighted by molar-refractivity contribution is -0.141. The number of nitrogens with one attached hydrogen (secondary N) is 3. The number of ether oxygens (including phenoxy) is 3. The molecule has 13 heteroatoms. The molecule has 5 aromatic carbocycles. The first-order chi connectivity index (χ1) is 29.3. The Labute approximate surface area is 353 Å². The lowest BCUT2D eigenvalue weighted by Crippen LogP contribution is -2.32. The number of nitrogens with zero attached hydrogens (tertiary/aromatic N) is 2. The van der Waals surface area contributed by atoms with Crippen molar-refractivity contribution < 1.29 is 37.0 Å². The largest absolute Gasteiger partial charge is 0.485 e. The third kappa shape index (κ3) is 11.8. The van der Waals surface area contributed by atoms with Gasteiger partial charge < -0.3 is 30.2 Å². The molecule has 0 bridgehead atoms. The SMILES string of the molecule is CC(C)(C)OC(=O)NCc1cccc(-n2nc(C(F)(F)F)cc2C(=O)Nc2cccc(C(NCC3CC3)c3cccc(OCc4ccccc4)c3OCc3ccccc3)c2)c1. The van der Waals surface area contributed by atoms with Crippen LogP contribution in [0.25, 0.3) is 5.69 Å². The Morgan fingerprint density at radius 2 is 1.43 bits per heavy atom. The first kappa shape index (κ1) is 42.5. The van der Waals surface area contributed by atoms with Gasteiger partial charge in [0.15, 0.2) is 17.2 Å². The van der Waals surface area contributed by atoms with Gasteiger partial charge in [0.2, 0.25) is 0 Å². The molecule has 316 valence electrons. The van der Waals surface area contributed by atoms with Gasteiger partial charge >= 0.3 is 12.3 Å². The van der Waals surface area contributed by atoms with E-state index >= 15 is 0 Å². The summed E-state index contributed by atoms with van der Waals surface area (Å²) in [5.41, 5.74) is 2.42. The van der Waals surface area contributed by atoms with E-state index in [0.29, 0.717) is 41.9 Å². The molecule has 0 spiro atoms. The normalized spacial score (nSPS) is 13.3. The van der Waals surface area contributed by atoms with Crippen molar-refractivity contribution in [3.05, 3.63) is 173 Å². The molecule has 0 radical (unpaired) electrons. The van der Waals surface area contributed by atoms with E-state index in [1.54, 1.807) is 57.2 Å². The first-order valence-corrected chi connectivity index (χ1v) is 20.1. The topological polar surface area (TPSA) is 116 Å². The zero-order valence-corrected chi connectivity index (χ0v) is 34.2. The minimum Gasteiger partial charge on any atom is -0.485 e. The molecule has 7 rings (SSSR count). The second kappa shape index (κ2) is 18.8. The van der Waals surface area contributed by atoms with Gasteiger partial charge in [-0.15, -0.1) is 0 Å². The second-order valence-electron chi connectivity index (χ2n) is 15.9. The highest BCUT2D eigenvalue weighted by Gasteiger charge is 2.36. The van der Waals surface area contributed by atoms with Crippen molar-refractivity contribution >= 4 is 17.7 Å². The Morgan fingerprint density at radius 3 is 2.10 bits per heavy atom. The number of carbonyl (C=O) groups is 2. The van der Waals surface area contributed by atoms with Gasteiger partial charge in [-0.1, -0.05) is 97.1 Å². The van der Waals surface area contributed by atoms with Crippen molar-refractivity contribution in [2.45, 2.75) is 71.2 Å². The van der Waals surface area contributed by atoms with Gasteiger partial charge in [0.1, 0.15) is 24.5 Å². The maximum atomic E-state index is 14.1. The molecule has 1 aliphatic carbocycles. The van der Waals surface area contributed by atoms with Gasteiger partial charge in [-0.25, -0.2) is 9.48 Å². The third-order valence-corrected chi connectivity index (χ3v) is 9.79. The Morgan fingerprint density at radius 1 is 0.770 bits per heavy atom. The monoisotopic (exact) mass is 831 g/mol. The molecule has 0 saturated heterocycles. The number of alkyl carbamates (subject to hydrolysis) is 1. The fourth-order valence-corrected chi connectivity index (χ4v) is 6.66. The predicted octanol–water partition coefficient (Wildman–Crippen LogP) is 10.4. The predicted molar refractivity (Wildman–Crippen MR) is 227 cm³/mol. The molecule has 1 saturated carbocycles. The van der Waals surface area contributed by atoms with Crippen LogP contribution in [0.15, 0.2) is 133 Å². The maximum absolute atomic E-state index is 14.1. The van der Waals surface area contributed by atoms with E-state index in [2.05, 4.69) is 21.0 Å². The second-order valence-corrected chi connectivity index (χ2v) is 15.9. The number of alkyl halides is 3. The lowest BCUT2D eigenvalue weighted by atomic mass is 9.96. The summed E-state index contributed by atoms with van der Waals surface area (Å²) in [6.45, 7) is 6.59. The number of carbonyl (C=O) groups excluding carboxylic acids is 2. The molecule has 1 aromatic heterocycles. The van der Waals surface area contributed by atoms with Crippen LogP contribution in [0.4, 0.5) is 23.7 Å². The van der Waals surface area contributed by atoms with E-state index in [-0.39, 0.29) is 17.9 Å². The van der Waals surface area contributed by atoms with Crippen molar-refractivity contribution in [2.24, 2.45) is 5.92 Å². The Kier molecular flexibility index (Phi) is 13.1. The summed E-state index contributed by atoms with van der Waals surface area (Å²) in [5, 5.41) is 13.0. The smallest absolute Gasteiger partial charge is 0.435 e. The Hall–Kier alpha value is -6.60. The number of para-hydroxylation sites is 1. The highest BCUT2D eigenvalue weighted by atomic mass is 19.4. The van der Waals surface area contributed by atoms with Crippen molar-refractivity contribution in [3.8, 4) is 17.2 Å². The van der Waals surface area contributed by atoms with Crippen LogP contribution in [-0.2, 0) is 30.7 Å². The van der Waals surface area contributed by atoms with Crippen LogP contribution in [0.3, 0.4) is 0 Å². The number of hydrogen-bond donors (Lipinski definition) is 3. The van der Waals surface area contributed by atoms with E-state index < -0.39 is 35.5 Å². The molecule has 1 unspecified atom stereocenters. The van der Waals surface area contributed by atoms with Gasteiger partial charge in [-0.05, 0) is 98.7 Å². The number of amides is 2. The maximum Gasteiger partial charge on any atom is 0.435 e. The van der Waals surface area contributed by atoms with E-state index in [1.807, 2.05) is 84.9 Å². The van der Waals surface area contributed by atoms with E-state index in [9.17, 15) is 22.8 Å². The van der Waals surface area contributed by atoms with E-state index in [4.69, 9.17) is 14.2 Å². The molecule has 1 fully saturated rings. The standard InChI is InChI=1S/C48H48F3N5O5/c1-47(2,3)61-46(58)53-29-35-17-10-20-38(25-35)56-40(27-42(55-56)48(49,50)51)45(57)54-37-19-11-18-36(26-37)43(52-28-32-23-24-32)39-21-12-22-41(59-30-33-13-6-4-7-14-33)44(39)60-31-34-15-8-5-9-16-34/h4-22,25-27,32,43,52H,23-24,28-31H2,1-3H3,(H,53,58)(H,54,57). The number of anilines is 1. The number of hydrogen-bond acceptors (Lipinski definition) is 7. The van der Waals surface area contributed by atoms with Crippen LogP contribution in [0.1, 0.15) is 83.7 Å². The van der Waals surface area contributed by atoms with Gasteiger partial charge in [-0.3, -0.25) is 4.79 Å². The summed E-state index contributed by atoms with van der Waals surface area (Å²) < 4.78 is 61.6. The zero-order chi connectivity index (χ0) is 43.0. The fraction of sp³-hybridized carbons (Fsp3) is 0.271. The molecular weight excluding hydrogens is 784 g/mol. The summed E-state index contributed by atoms with van der Waals surface area (Å²) in [4.78, 5) is 26.3. The quantitative estimate of drug-likeness (QED) is 0.0889. The molecule has 1 heterocycles. The lowest BCUT2D eigenvalue weighted by Gasteiger charge is -2.25. The average molecular weight is 832 g/mol. The molecule has 3 N–H and O–H groups in total. The van der Waals surface area contributed by atoms with Crippen LogP contribution in [0.5, 0.6) is 11.5 Å². The van der Waals surface area contributed by atoms with Crippen LogP contribution in [0.2, 0.25) is 0 Å². The number of halogens is 3. The fourth-order valence-electron chi connectivity index (χ4n) is 6.66. The zero-order valence-electron chi connectivity index (χ0n) is 34.2. The van der Waals surface area contributed by atoms with Crippen LogP contribution >= 0.6 is 0 Å². The molecule has 1 aliphatic rings. The van der Waals surface area contributed by atoms with Gasteiger partial charge in [0.25, 0.3) is 5.91 Å². The average Bonchev–Trinajstić information content (AvgIpc) is 3.95. The molecule has 61 heavy (non-hydrogen) atoms. The molecule has 1 atom stereocenters. The highest BCUT2D eigenvalue weighted by Crippen LogP contribution is 2.40. The number of aromatic nitrogens is 2. The molecule has 6 aromatic rings. The Balaban J connectivity index is 1.18. The Bertz CT molecular complexity index is 2430. The van der Waals surface area contributed by atoms with Crippen LogP contribution in [0, 0.1) is 5.92 Å². The van der Waals surface area contributed by atoms with Gasteiger partial charge in [0, 0.05) is 23.9 Å². The number of rotatable bonds is 16. The summed E-state index contributed by atoms with van der Waals surface area (Å²) in [6.07, 6.45) is -3.24. The summed E-state index contributed by atoms with van der Waals surface area (Å²) in [5.74, 6) is 0.852. The van der Waals surface area contributed by atoms with Gasteiger partial charge in [-0.2, -0.15) is 18.3 Å². The van der Waals surface area contributed by atoms with Crippen molar-refractivity contribution in [1.29, 1.82) is 0 Å².